The predicted octanol–water partition coefficient (Wildman–Crippen LogP) is 1.71. The highest BCUT2D eigenvalue weighted by atomic mass is 16.3. The first-order chi connectivity index (χ1) is 8.61. The average Bonchev–Trinajstić information content (AvgIpc) is 2.50. The molecule has 100 valence electrons. The summed E-state index contributed by atoms with van der Waals surface area (Å²) in [5.74, 6) is 0.599. The van der Waals surface area contributed by atoms with Gasteiger partial charge in [-0.1, -0.05) is 24.6 Å². The van der Waals surface area contributed by atoms with E-state index in [0.717, 1.165) is 19.6 Å². The van der Waals surface area contributed by atoms with E-state index in [1.54, 1.807) is 0 Å². The Morgan fingerprint density at radius 1 is 1.33 bits per heavy atom. The van der Waals surface area contributed by atoms with Crippen molar-refractivity contribution in [1.82, 2.24) is 5.32 Å². The van der Waals surface area contributed by atoms with Crippen LogP contribution in [0, 0.1) is 19.8 Å². The third-order valence-electron chi connectivity index (χ3n) is 3.69. The highest BCUT2D eigenvalue weighted by Crippen LogP contribution is 2.25. The van der Waals surface area contributed by atoms with Gasteiger partial charge in [-0.2, -0.15) is 0 Å². The van der Waals surface area contributed by atoms with Crippen LogP contribution in [0.25, 0.3) is 0 Å². The van der Waals surface area contributed by atoms with Crippen LogP contribution in [0.2, 0.25) is 0 Å². The Kier molecular flexibility index (Phi) is 4.25. The number of aliphatic hydroxyl groups is 1. The van der Waals surface area contributed by atoms with Crippen LogP contribution in [0.5, 0.6) is 0 Å². The van der Waals surface area contributed by atoms with Gasteiger partial charge in [0.2, 0.25) is 0 Å². The van der Waals surface area contributed by atoms with Crippen LogP contribution in [0.4, 0.5) is 5.69 Å². The van der Waals surface area contributed by atoms with Crippen molar-refractivity contribution in [3.8, 4) is 0 Å². The molecule has 1 heterocycles. The minimum Gasteiger partial charge on any atom is -0.394 e. The van der Waals surface area contributed by atoms with Crippen molar-refractivity contribution in [3.05, 3.63) is 29.3 Å². The molecule has 0 aromatic heterocycles. The smallest absolute Gasteiger partial charge is 0.0647 e. The van der Waals surface area contributed by atoms with Gasteiger partial charge in [0.1, 0.15) is 0 Å². The summed E-state index contributed by atoms with van der Waals surface area (Å²) in [6.45, 7) is 9.61. The fourth-order valence-corrected chi connectivity index (χ4v) is 2.74. The summed E-state index contributed by atoms with van der Waals surface area (Å²) in [5.41, 5.74) is 3.84. The first-order valence-corrected chi connectivity index (χ1v) is 6.77. The maximum Gasteiger partial charge on any atom is 0.0647 e. The van der Waals surface area contributed by atoms with Crippen molar-refractivity contribution < 1.29 is 5.11 Å². The van der Waals surface area contributed by atoms with Crippen molar-refractivity contribution in [1.29, 1.82) is 0 Å². The zero-order valence-electron chi connectivity index (χ0n) is 11.6. The fraction of sp³-hybridized carbons (Fsp3) is 0.600. The van der Waals surface area contributed by atoms with E-state index in [0.29, 0.717) is 5.92 Å². The van der Waals surface area contributed by atoms with Crippen molar-refractivity contribution in [2.24, 2.45) is 5.92 Å². The van der Waals surface area contributed by atoms with Gasteiger partial charge in [0.15, 0.2) is 0 Å². The average molecular weight is 248 g/mol. The summed E-state index contributed by atoms with van der Waals surface area (Å²) < 4.78 is 0. The van der Waals surface area contributed by atoms with Crippen LogP contribution in [-0.4, -0.2) is 37.4 Å². The number of hydrogen-bond acceptors (Lipinski definition) is 3. The zero-order valence-corrected chi connectivity index (χ0v) is 11.6. The second kappa shape index (κ2) is 5.72. The lowest BCUT2D eigenvalue weighted by molar-refractivity contribution is 0.259. The summed E-state index contributed by atoms with van der Waals surface area (Å²) in [6, 6.07) is 6.73. The number of anilines is 1. The molecular weight excluding hydrogens is 224 g/mol. The molecule has 1 aromatic rings. The van der Waals surface area contributed by atoms with Crippen molar-refractivity contribution in [2.45, 2.75) is 26.8 Å². The Morgan fingerprint density at radius 2 is 2.11 bits per heavy atom. The molecule has 1 aromatic carbocycles. The lowest BCUT2D eigenvalue weighted by atomic mass is 10.1. The van der Waals surface area contributed by atoms with E-state index < -0.39 is 0 Å². The molecule has 3 nitrogen and oxygen atoms in total. The molecule has 1 aliphatic rings. The number of rotatable bonds is 2. The molecule has 1 aliphatic heterocycles. The molecule has 2 unspecified atom stereocenters. The molecule has 0 amide bonds. The minimum absolute atomic E-state index is 0.177. The number of aryl methyl sites for hydroxylation is 2. The van der Waals surface area contributed by atoms with Crippen molar-refractivity contribution >= 4 is 5.69 Å². The van der Waals surface area contributed by atoms with E-state index in [1.165, 1.54) is 16.8 Å². The number of nitrogens with zero attached hydrogens (tertiary/aromatic N) is 1. The number of benzene rings is 1. The number of aliphatic hydroxyl groups excluding tert-OH is 1. The van der Waals surface area contributed by atoms with E-state index >= 15 is 0 Å². The van der Waals surface area contributed by atoms with Gasteiger partial charge in [0, 0.05) is 18.8 Å². The Labute approximate surface area is 110 Å². The van der Waals surface area contributed by atoms with E-state index in [4.69, 9.17) is 0 Å². The lowest BCUT2D eigenvalue weighted by Gasteiger charge is -2.33. The molecule has 0 aliphatic carbocycles. The molecule has 1 fully saturated rings. The molecule has 1 saturated heterocycles. The van der Waals surface area contributed by atoms with Gasteiger partial charge in [0.05, 0.1) is 12.6 Å². The maximum atomic E-state index is 9.60. The second-order valence-corrected chi connectivity index (χ2v) is 5.54. The van der Waals surface area contributed by atoms with Crippen LogP contribution in [-0.2, 0) is 0 Å². The summed E-state index contributed by atoms with van der Waals surface area (Å²) in [6.07, 6.45) is 0. The standard InChI is InChI=1S/C15H24N2O/c1-11-4-5-15(13(3)6-11)17-9-12(2)7-16-8-14(17)10-18/h4-6,12,14,16,18H,7-10H2,1-3H3. The monoisotopic (exact) mass is 248 g/mol. The van der Waals surface area contributed by atoms with Crippen molar-refractivity contribution in [2.75, 3.05) is 31.1 Å². The fourth-order valence-electron chi connectivity index (χ4n) is 2.74. The Balaban J connectivity index is 2.31. The molecule has 0 spiro atoms. The summed E-state index contributed by atoms with van der Waals surface area (Å²) >= 11 is 0. The molecule has 2 N–H and O–H groups in total. The highest BCUT2D eigenvalue weighted by Gasteiger charge is 2.24. The molecule has 0 saturated carbocycles. The second-order valence-electron chi connectivity index (χ2n) is 5.54. The van der Waals surface area contributed by atoms with Gasteiger partial charge in [-0.25, -0.2) is 0 Å². The first-order valence-electron chi connectivity index (χ1n) is 6.77. The van der Waals surface area contributed by atoms with Gasteiger partial charge in [-0.05, 0) is 37.9 Å². The number of nitrogens with one attached hydrogen (secondary N) is 1. The zero-order chi connectivity index (χ0) is 13.1. The Morgan fingerprint density at radius 3 is 2.78 bits per heavy atom. The topological polar surface area (TPSA) is 35.5 Å². The van der Waals surface area contributed by atoms with Crippen LogP contribution in [0.3, 0.4) is 0 Å². The quantitative estimate of drug-likeness (QED) is 0.836. The van der Waals surface area contributed by atoms with E-state index in [-0.39, 0.29) is 12.6 Å². The third kappa shape index (κ3) is 2.85. The van der Waals surface area contributed by atoms with Gasteiger partial charge in [-0.3, -0.25) is 0 Å². The molecule has 2 rings (SSSR count). The van der Waals surface area contributed by atoms with Crippen LogP contribution in [0.15, 0.2) is 18.2 Å². The summed E-state index contributed by atoms with van der Waals surface area (Å²) in [7, 11) is 0. The van der Waals surface area contributed by atoms with Crippen LogP contribution < -0.4 is 10.2 Å². The van der Waals surface area contributed by atoms with E-state index in [2.05, 4.69) is 49.2 Å². The minimum atomic E-state index is 0.177. The molecule has 3 heteroatoms. The molecule has 2 atom stereocenters. The third-order valence-corrected chi connectivity index (χ3v) is 3.69. The lowest BCUT2D eigenvalue weighted by Crippen LogP contribution is -2.43. The first kappa shape index (κ1) is 13.4. The predicted molar refractivity (Wildman–Crippen MR) is 76.2 cm³/mol. The molecule has 0 radical (unpaired) electrons. The Bertz CT molecular complexity index is 405. The van der Waals surface area contributed by atoms with Crippen molar-refractivity contribution in [3.63, 3.8) is 0 Å². The van der Waals surface area contributed by atoms with Crippen LogP contribution >= 0.6 is 0 Å². The van der Waals surface area contributed by atoms with Gasteiger partial charge in [-0.15, -0.1) is 0 Å². The van der Waals surface area contributed by atoms with Gasteiger partial charge >= 0.3 is 0 Å². The molecular formula is C15H24N2O. The Hall–Kier alpha value is -1.06. The van der Waals surface area contributed by atoms with E-state index in [1.807, 2.05) is 0 Å². The molecule has 0 bridgehead atoms. The van der Waals surface area contributed by atoms with Gasteiger partial charge < -0.3 is 15.3 Å². The highest BCUT2D eigenvalue weighted by molar-refractivity contribution is 5.55. The van der Waals surface area contributed by atoms with Crippen LogP contribution in [0.1, 0.15) is 18.1 Å². The maximum absolute atomic E-state index is 9.60. The van der Waals surface area contributed by atoms with E-state index in [9.17, 15) is 5.11 Å². The molecule has 18 heavy (non-hydrogen) atoms. The normalized spacial score (nSPS) is 25.0. The number of hydrogen-bond donors (Lipinski definition) is 2. The SMILES string of the molecule is Cc1ccc(N2CC(C)CNCC2CO)c(C)c1. The summed E-state index contributed by atoms with van der Waals surface area (Å²) in [4.78, 5) is 2.36. The largest absolute Gasteiger partial charge is 0.394 e. The summed E-state index contributed by atoms with van der Waals surface area (Å²) in [5, 5.41) is 13.0. The van der Waals surface area contributed by atoms with Gasteiger partial charge in [0.25, 0.3) is 0 Å².